The van der Waals surface area contributed by atoms with Gasteiger partial charge in [0.1, 0.15) is 11.4 Å². The largest absolute Gasteiger partial charge is 0.462 e. The summed E-state index contributed by atoms with van der Waals surface area (Å²) in [6.45, 7) is 1.90. The third-order valence-electron chi connectivity index (χ3n) is 4.92. The molecule has 29 heavy (non-hydrogen) atoms. The second-order valence-electron chi connectivity index (χ2n) is 6.96. The normalized spacial score (nSPS) is 19.0. The highest BCUT2D eigenvalue weighted by atomic mass is 35.5. The summed E-state index contributed by atoms with van der Waals surface area (Å²) in [7, 11) is 0. The molecule has 1 N–H and O–H groups in total. The first-order chi connectivity index (χ1) is 14.1. The Bertz CT molecular complexity index is 1200. The number of aromatic amines is 1. The lowest BCUT2D eigenvalue weighted by Gasteiger charge is -2.11. The molecule has 0 aliphatic carbocycles. The summed E-state index contributed by atoms with van der Waals surface area (Å²) >= 11 is 7.47. The summed E-state index contributed by atoms with van der Waals surface area (Å²) in [6.07, 6.45) is 2.50. The Labute approximate surface area is 176 Å². The first kappa shape index (κ1) is 18.3. The third kappa shape index (κ3) is 3.30. The van der Waals surface area contributed by atoms with Crippen LogP contribution in [0.25, 0.3) is 28.0 Å². The quantitative estimate of drug-likeness (QED) is 0.473. The van der Waals surface area contributed by atoms with E-state index in [-0.39, 0.29) is 17.3 Å². The van der Waals surface area contributed by atoms with Crippen molar-refractivity contribution in [2.45, 2.75) is 29.9 Å². The van der Waals surface area contributed by atoms with Crippen molar-refractivity contribution in [3.8, 4) is 17.1 Å². The summed E-state index contributed by atoms with van der Waals surface area (Å²) in [4.78, 5) is 15.5. The lowest BCUT2D eigenvalue weighted by Crippen LogP contribution is -2.11. The van der Waals surface area contributed by atoms with Gasteiger partial charge in [0.15, 0.2) is 11.0 Å². The van der Waals surface area contributed by atoms with E-state index in [1.165, 1.54) is 11.8 Å². The number of nitrogens with zero attached hydrogens (tertiary/aromatic N) is 3. The molecule has 2 unspecified atom stereocenters. The van der Waals surface area contributed by atoms with E-state index in [0.29, 0.717) is 22.4 Å². The maximum atomic E-state index is 12.2. The number of carbonyl (C=O) groups is 1. The molecule has 5 rings (SSSR count). The molecule has 6 nitrogen and oxygen atoms in total. The number of para-hydroxylation sites is 1. The van der Waals surface area contributed by atoms with E-state index >= 15 is 0 Å². The lowest BCUT2D eigenvalue weighted by molar-refractivity contribution is -0.140. The number of hydrogen-bond donors (Lipinski definition) is 1. The Morgan fingerprint density at radius 3 is 2.72 bits per heavy atom. The average molecular weight is 425 g/mol. The molecule has 3 heterocycles. The van der Waals surface area contributed by atoms with Crippen LogP contribution < -0.4 is 0 Å². The van der Waals surface area contributed by atoms with Crippen LogP contribution in [0, 0.1) is 0 Å². The monoisotopic (exact) mass is 424 g/mol. The Morgan fingerprint density at radius 1 is 1.17 bits per heavy atom. The van der Waals surface area contributed by atoms with Crippen LogP contribution in [0.15, 0.2) is 59.9 Å². The van der Waals surface area contributed by atoms with Crippen molar-refractivity contribution in [2.24, 2.45) is 0 Å². The van der Waals surface area contributed by atoms with Crippen LogP contribution in [-0.2, 0) is 9.53 Å². The predicted molar refractivity (Wildman–Crippen MR) is 113 cm³/mol. The molecule has 2 aromatic carbocycles. The Balaban J connectivity index is 1.64. The number of nitrogens with one attached hydrogen (secondary N) is 1. The molecule has 0 bridgehead atoms. The molecule has 1 aliphatic heterocycles. The minimum Gasteiger partial charge on any atom is -0.462 e. The Hall–Kier alpha value is -2.77. The van der Waals surface area contributed by atoms with Crippen LogP contribution in [0.4, 0.5) is 0 Å². The average Bonchev–Trinajstić information content (AvgIpc) is 3.40. The summed E-state index contributed by atoms with van der Waals surface area (Å²) < 4.78 is 7.27. The number of esters is 1. The van der Waals surface area contributed by atoms with Gasteiger partial charge in [-0.1, -0.05) is 41.6 Å². The molecular formula is C21H17ClN4O2S. The number of H-pyrrole nitrogens is 1. The molecule has 2 aromatic heterocycles. The molecule has 1 fully saturated rings. The van der Waals surface area contributed by atoms with Crippen molar-refractivity contribution < 1.29 is 9.53 Å². The first-order valence-electron chi connectivity index (χ1n) is 9.25. The molecule has 0 saturated carbocycles. The lowest BCUT2D eigenvalue weighted by atomic mass is 10.1. The number of cyclic esters (lactones) is 1. The zero-order valence-corrected chi connectivity index (χ0v) is 17.1. The summed E-state index contributed by atoms with van der Waals surface area (Å²) in [6, 6.07) is 15.5. The SMILES string of the molecule is CC1CC(Sc2nnc(-c3c[nH]c4ccccc34)n2-c2ccc(Cl)cc2)C(=O)O1. The highest BCUT2D eigenvalue weighted by Crippen LogP contribution is 2.36. The number of benzene rings is 2. The van der Waals surface area contributed by atoms with E-state index in [1.807, 2.05) is 66.2 Å². The van der Waals surface area contributed by atoms with Crippen molar-refractivity contribution in [2.75, 3.05) is 0 Å². The smallest absolute Gasteiger partial charge is 0.319 e. The van der Waals surface area contributed by atoms with Crippen LogP contribution in [0.3, 0.4) is 0 Å². The summed E-state index contributed by atoms with van der Waals surface area (Å²) in [5.74, 6) is 0.494. The van der Waals surface area contributed by atoms with Crippen molar-refractivity contribution in [3.63, 3.8) is 0 Å². The van der Waals surface area contributed by atoms with Crippen molar-refractivity contribution in [1.82, 2.24) is 19.7 Å². The van der Waals surface area contributed by atoms with Gasteiger partial charge in [-0.3, -0.25) is 9.36 Å². The third-order valence-corrected chi connectivity index (χ3v) is 6.32. The van der Waals surface area contributed by atoms with E-state index in [2.05, 4.69) is 15.2 Å². The van der Waals surface area contributed by atoms with Gasteiger partial charge in [0.25, 0.3) is 0 Å². The van der Waals surface area contributed by atoms with Crippen molar-refractivity contribution in [3.05, 3.63) is 59.8 Å². The van der Waals surface area contributed by atoms with E-state index in [1.54, 1.807) is 0 Å². The zero-order valence-electron chi connectivity index (χ0n) is 15.5. The molecule has 1 aliphatic rings. The molecule has 0 radical (unpaired) electrons. The molecule has 4 aromatic rings. The second kappa shape index (κ2) is 7.24. The molecular weight excluding hydrogens is 408 g/mol. The fourth-order valence-electron chi connectivity index (χ4n) is 3.54. The molecule has 1 saturated heterocycles. The van der Waals surface area contributed by atoms with Gasteiger partial charge in [-0.25, -0.2) is 0 Å². The number of aromatic nitrogens is 4. The van der Waals surface area contributed by atoms with Gasteiger partial charge in [0, 0.05) is 39.8 Å². The number of fused-ring (bicyclic) bond motifs is 1. The Kier molecular flexibility index (Phi) is 4.56. The minimum atomic E-state index is -0.295. The van der Waals surface area contributed by atoms with Crippen molar-refractivity contribution in [1.29, 1.82) is 0 Å². The second-order valence-corrected chi connectivity index (χ2v) is 8.56. The van der Waals surface area contributed by atoms with Gasteiger partial charge in [0.2, 0.25) is 0 Å². The highest BCUT2D eigenvalue weighted by Gasteiger charge is 2.34. The van der Waals surface area contributed by atoms with Crippen LogP contribution in [0.1, 0.15) is 13.3 Å². The molecule has 8 heteroatoms. The number of halogens is 1. The van der Waals surface area contributed by atoms with E-state index < -0.39 is 0 Å². The molecule has 0 amide bonds. The van der Waals surface area contributed by atoms with Gasteiger partial charge in [0.05, 0.1) is 0 Å². The maximum Gasteiger partial charge on any atom is 0.319 e. The van der Waals surface area contributed by atoms with Gasteiger partial charge < -0.3 is 9.72 Å². The van der Waals surface area contributed by atoms with Gasteiger partial charge in [-0.15, -0.1) is 10.2 Å². The van der Waals surface area contributed by atoms with Gasteiger partial charge in [-0.2, -0.15) is 0 Å². The zero-order chi connectivity index (χ0) is 20.0. The standard InChI is InChI=1S/C21H17ClN4O2S/c1-12-10-18(20(27)28-12)29-21-25-24-19(26(21)14-8-6-13(22)7-9-14)16-11-23-17-5-3-2-4-15(16)17/h2-9,11-12,18,23H,10H2,1H3. The van der Waals surface area contributed by atoms with Crippen LogP contribution >= 0.6 is 23.4 Å². The van der Waals surface area contributed by atoms with E-state index in [0.717, 1.165) is 22.2 Å². The fourth-order valence-corrected chi connectivity index (χ4v) is 4.83. The topological polar surface area (TPSA) is 72.8 Å². The van der Waals surface area contributed by atoms with Crippen LogP contribution in [0.2, 0.25) is 5.02 Å². The molecule has 146 valence electrons. The number of rotatable bonds is 4. The Morgan fingerprint density at radius 2 is 1.97 bits per heavy atom. The van der Waals surface area contributed by atoms with E-state index in [4.69, 9.17) is 16.3 Å². The fraction of sp³-hybridized carbons (Fsp3) is 0.190. The van der Waals surface area contributed by atoms with Gasteiger partial charge in [-0.05, 0) is 37.3 Å². The summed E-state index contributed by atoms with van der Waals surface area (Å²) in [5.41, 5.74) is 2.84. The minimum absolute atomic E-state index is 0.0833. The number of hydrogen-bond acceptors (Lipinski definition) is 5. The highest BCUT2D eigenvalue weighted by molar-refractivity contribution is 8.00. The number of carbonyl (C=O) groups excluding carboxylic acids is 1. The maximum absolute atomic E-state index is 12.2. The molecule has 2 atom stereocenters. The number of ether oxygens (including phenoxy) is 1. The molecule has 0 spiro atoms. The van der Waals surface area contributed by atoms with Gasteiger partial charge >= 0.3 is 5.97 Å². The van der Waals surface area contributed by atoms with Crippen molar-refractivity contribution >= 4 is 40.2 Å². The predicted octanol–water partition coefficient (Wildman–Crippen LogP) is 4.87. The summed E-state index contributed by atoms with van der Waals surface area (Å²) in [5, 5.41) is 11.0. The van der Waals surface area contributed by atoms with Crippen LogP contribution in [-0.4, -0.2) is 37.1 Å². The first-order valence-corrected chi connectivity index (χ1v) is 10.5. The van der Waals surface area contributed by atoms with Crippen LogP contribution in [0.5, 0.6) is 0 Å². The number of thioether (sulfide) groups is 1. The van der Waals surface area contributed by atoms with E-state index in [9.17, 15) is 4.79 Å².